The number of nitrogens with zero attached hydrogens (tertiary/aromatic N) is 1. The highest BCUT2D eigenvalue weighted by Gasteiger charge is 2.15. The average Bonchev–Trinajstić information content (AvgIpc) is 2.75. The largest absolute Gasteiger partial charge is 0.384 e. The van der Waals surface area contributed by atoms with Gasteiger partial charge in [-0.1, -0.05) is 24.7 Å². The number of likely N-dealkylation sites (tertiary alicyclic amines) is 1. The number of benzene rings is 1. The first-order chi connectivity index (χ1) is 10.2. The Kier molecular flexibility index (Phi) is 5.59. The molecule has 2 amide bonds. The number of hydrogen-bond donors (Lipinski definition) is 2. The molecule has 0 spiro atoms. The van der Waals surface area contributed by atoms with Gasteiger partial charge in [0.05, 0.1) is 5.56 Å². The summed E-state index contributed by atoms with van der Waals surface area (Å²) in [6.07, 6.45) is 4.32. The highest BCUT2D eigenvalue weighted by molar-refractivity contribution is 5.89. The fourth-order valence-electron chi connectivity index (χ4n) is 2.31. The first kappa shape index (κ1) is 15.3. The fraction of sp³-hybridized carbons (Fsp3) is 0.438. The molecule has 1 saturated heterocycles. The second-order valence-corrected chi connectivity index (χ2v) is 4.99. The molecule has 2 rings (SSSR count). The van der Waals surface area contributed by atoms with E-state index in [0.29, 0.717) is 5.69 Å². The molecular weight excluding hydrogens is 271 g/mol. The minimum Gasteiger partial charge on any atom is -0.384 e. The molecular formula is C16H19FN2O2. The molecule has 0 aromatic heterocycles. The molecule has 0 saturated carbocycles. The van der Waals surface area contributed by atoms with Crippen molar-refractivity contribution >= 4 is 11.7 Å². The highest BCUT2D eigenvalue weighted by Crippen LogP contribution is 2.16. The number of nitrogens with one attached hydrogen (secondary N) is 1. The van der Waals surface area contributed by atoms with Gasteiger partial charge in [-0.25, -0.2) is 9.18 Å². The predicted molar refractivity (Wildman–Crippen MR) is 79.4 cm³/mol. The molecule has 2 N–H and O–H groups in total. The fourth-order valence-corrected chi connectivity index (χ4v) is 2.31. The van der Waals surface area contributed by atoms with Crippen molar-refractivity contribution in [2.24, 2.45) is 0 Å². The van der Waals surface area contributed by atoms with Crippen molar-refractivity contribution < 1.29 is 14.3 Å². The Bertz CT molecular complexity index is 555. The Morgan fingerprint density at radius 2 is 2.00 bits per heavy atom. The van der Waals surface area contributed by atoms with Gasteiger partial charge in [0, 0.05) is 18.8 Å². The zero-order valence-electron chi connectivity index (χ0n) is 11.9. The minimum atomic E-state index is -0.510. The maximum absolute atomic E-state index is 13.8. The molecule has 0 unspecified atom stereocenters. The zero-order chi connectivity index (χ0) is 15.1. The summed E-state index contributed by atoms with van der Waals surface area (Å²) >= 11 is 0. The summed E-state index contributed by atoms with van der Waals surface area (Å²) in [5.74, 6) is 4.40. The number of urea groups is 1. The molecule has 0 atom stereocenters. The van der Waals surface area contributed by atoms with E-state index in [1.165, 1.54) is 12.1 Å². The van der Waals surface area contributed by atoms with Crippen LogP contribution in [0.3, 0.4) is 0 Å². The Morgan fingerprint density at radius 3 is 2.62 bits per heavy atom. The van der Waals surface area contributed by atoms with Crippen molar-refractivity contribution in [3.05, 3.63) is 29.6 Å². The van der Waals surface area contributed by atoms with Crippen LogP contribution in [0.4, 0.5) is 14.9 Å². The number of carbonyl (C=O) groups is 1. The minimum absolute atomic E-state index is 0.189. The molecule has 1 aliphatic heterocycles. The smallest absolute Gasteiger partial charge is 0.321 e. The van der Waals surface area contributed by atoms with E-state index in [-0.39, 0.29) is 18.2 Å². The van der Waals surface area contributed by atoms with E-state index < -0.39 is 5.82 Å². The third-order valence-electron chi connectivity index (χ3n) is 3.42. The van der Waals surface area contributed by atoms with E-state index in [4.69, 9.17) is 5.11 Å². The molecule has 1 aliphatic rings. The third kappa shape index (κ3) is 4.47. The number of amides is 2. The van der Waals surface area contributed by atoms with Crippen LogP contribution in [0.25, 0.3) is 0 Å². The van der Waals surface area contributed by atoms with Crippen LogP contribution >= 0.6 is 0 Å². The molecule has 1 fully saturated rings. The van der Waals surface area contributed by atoms with Crippen LogP contribution < -0.4 is 5.32 Å². The standard InChI is InChI=1S/C16H19FN2O2/c17-15-12-14(8-7-13(15)6-5-11-20)18-16(21)19-9-3-1-2-4-10-19/h7-8,12,20H,1-4,9-11H2,(H,18,21). The number of aliphatic hydroxyl groups is 1. The van der Waals surface area contributed by atoms with Gasteiger partial charge in [-0.3, -0.25) is 0 Å². The highest BCUT2D eigenvalue weighted by atomic mass is 19.1. The van der Waals surface area contributed by atoms with E-state index in [0.717, 1.165) is 38.8 Å². The molecule has 0 aliphatic carbocycles. The second-order valence-electron chi connectivity index (χ2n) is 4.99. The van der Waals surface area contributed by atoms with Crippen molar-refractivity contribution in [2.45, 2.75) is 25.7 Å². The van der Waals surface area contributed by atoms with Gasteiger partial charge in [0.1, 0.15) is 12.4 Å². The lowest BCUT2D eigenvalue weighted by Crippen LogP contribution is -2.35. The molecule has 4 nitrogen and oxygen atoms in total. The van der Waals surface area contributed by atoms with Crippen LogP contribution in [0.15, 0.2) is 18.2 Å². The van der Waals surface area contributed by atoms with Crippen LogP contribution in [0.2, 0.25) is 0 Å². The number of aliphatic hydroxyl groups excluding tert-OH is 1. The Morgan fingerprint density at radius 1 is 1.29 bits per heavy atom. The molecule has 0 bridgehead atoms. The van der Waals surface area contributed by atoms with Crippen LogP contribution in [0, 0.1) is 17.7 Å². The quantitative estimate of drug-likeness (QED) is 0.781. The first-order valence-corrected chi connectivity index (χ1v) is 7.16. The monoisotopic (exact) mass is 290 g/mol. The second kappa shape index (κ2) is 7.65. The lowest BCUT2D eigenvalue weighted by molar-refractivity contribution is 0.214. The summed E-state index contributed by atoms with van der Waals surface area (Å²) in [5, 5.41) is 11.3. The molecule has 21 heavy (non-hydrogen) atoms. The van der Waals surface area contributed by atoms with Crippen LogP contribution in [0.5, 0.6) is 0 Å². The summed E-state index contributed by atoms with van der Waals surface area (Å²) < 4.78 is 13.8. The Balaban J connectivity index is 2.02. The predicted octanol–water partition coefficient (Wildman–Crippen LogP) is 2.58. The third-order valence-corrected chi connectivity index (χ3v) is 3.42. The van der Waals surface area contributed by atoms with Gasteiger partial charge in [0.25, 0.3) is 0 Å². The van der Waals surface area contributed by atoms with Crippen LogP contribution in [-0.2, 0) is 0 Å². The molecule has 0 radical (unpaired) electrons. The van der Waals surface area contributed by atoms with Crippen molar-refractivity contribution in [1.82, 2.24) is 4.90 Å². The number of rotatable bonds is 1. The van der Waals surface area contributed by atoms with Gasteiger partial charge in [-0.05, 0) is 31.0 Å². The summed E-state index contributed by atoms with van der Waals surface area (Å²) in [6.45, 7) is 1.18. The van der Waals surface area contributed by atoms with Gasteiger partial charge in [0.15, 0.2) is 0 Å². The molecule has 1 aromatic rings. The van der Waals surface area contributed by atoms with E-state index in [1.807, 2.05) is 0 Å². The maximum Gasteiger partial charge on any atom is 0.321 e. The van der Waals surface area contributed by atoms with Crippen molar-refractivity contribution in [1.29, 1.82) is 0 Å². The van der Waals surface area contributed by atoms with Crippen LogP contribution in [0.1, 0.15) is 31.2 Å². The van der Waals surface area contributed by atoms with Crippen molar-refractivity contribution in [2.75, 3.05) is 25.0 Å². The van der Waals surface area contributed by atoms with Gasteiger partial charge < -0.3 is 15.3 Å². The number of carbonyl (C=O) groups excluding carboxylic acids is 1. The summed E-state index contributed by atoms with van der Waals surface area (Å²) in [5.41, 5.74) is 0.619. The average molecular weight is 290 g/mol. The molecule has 112 valence electrons. The van der Waals surface area contributed by atoms with Crippen molar-refractivity contribution in [3.63, 3.8) is 0 Å². The Hall–Kier alpha value is -2.06. The number of anilines is 1. The van der Waals surface area contributed by atoms with Gasteiger partial charge in [-0.15, -0.1) is 0 Å². The lowest BCUT2D eigenvalue weighted by Gasteiger charge is -2.20. The summed E-state index contributed by atoms with van der Waals surface area (Å²) in [6, 6.07) is 4.17. The van der Waals surface area contributed by atoms with Gasteiger partial charge in [-0.2, -0.15) is 0 Å². The number of hydrogen-bond acceptors (Lipinski definition) is 2. The topological polar surface area (TPSA) is 52.6 Å². The normalized spacial score (nSPS) is 14.9. The molecule has 1 aromatic carbocycles. The lowest BCUT2D eigenvalue weighted by atomic mass is 10.2. The molecule has 1 heterocycles. The van der Waals surface area contributed by atoms with E-state index in [2.05, 4.69) is 17.2 Å². The van der Waals surface area contributed by atoms with E-state index >= 15 is 0 Å². The van der Waals surface area contributed by atoms with E-state index in [1.54, 1.807) is 11.0 Å². The van der Waals surface area contributed by atoms with Crippen molar-refractivity contribution in [3.8, 4) is 11.8 Å². The first-order valence-electron chi connectivity index (χ1n) is 7.16. The molecule has 5 heteroatoms. The van der Waals surface area contributed by atoms with Gasteiger partial charge >= 0.3 is 6.03 Å². The van der Waals surface area contributed by atoms with E-state index in [9.17, 15) is 9.18 Å². The SMILES string of the molecule is O=C(Nc1ccc(C#CCO)c(F)c1)N1CCCCCC1. The Labute approximate surface area is 124 Å². The zero-order valence-corrected chi connectivity index (χ0v) is 11.9. The number of halogens is 1. The summed E-state index contributed by atoms with van der Waals surface area (Å²) in [4.78, 5) is 13.9. The summed E-state index contributed by atoms with van der Waals surface area (Å²) in [7, 11) is 0. The van der Waals surface area contributed by atoms with Crippen LogP contribution in [-0.4, -0.2) is 35.7 Å². The maximum atomic E-state index is 13.8. The van der Waals surface area contributed by atoms with Gasteiger partial charge in [0.2, 0.25) is 0 Å².